The highest BCUT2D eigenvalue weighted by Gasteiger charge is 2.07. The standard InChI is InChI=1S/C11H14BrNO2/c1-15-8-10(12)7-13-11(14)9-5-3-2-4-6-9/h2-6,10H,7-8H2,1H3,(H,13,14). The lowest BCUT2D eigenvalue weighted by atomic mass is 10.2. The zero-order chi connectivity index (χ0) is 11.1. The van der Waals surface area contributed by atoms with Crippen molar-refractivity contribution in [3.8, 4) is 0 Å². The number of rotatable bonds is 5. The molecule has 0 fully saturated rings. The minimum atomic E-state index is -0.0591. The summed E-state index contributed by atoms with van der Waals surface area (Å²) in [6.45, 7) is 1.14. The number of carbonyl (C=O) groups excluding carboxylic acids is 1. The summed E-state index contributed by atoms with van der Waals surface area (Å²) in [5.41, 5.74) is 0.676. The molecule has 15 heavy (non-hydrogen) atoms. The van der Waals surface area contributed by atoms with Crippen molar-refractivity contribution >= 4 is 21.8 Å². The number of nitrogens with one attached hydrogen (secondary N) is 1. The maximum Gasteiger partial charge on any atom is 0.251 e. The van der Waals surface area contributed by atoms with E-state index in [1.165, 1.54) is 0 Å². The smallest absolute Gasteiger partial charge is 0.251 e. The molecule has 1 atom stereocenters. The topological polar surface area (TPSA) is 38.3 Å². The molecular weight excluding hydrogens is 258 g/mol. The van der Waals surface area contributed by atoms with Crippen LogP contribution < -0.4 is 5.32 Å². The third kappa shape index (κ3) is 4.44. The quantitative estimate of drug-likeness (QED) is 0.830. The van der Waals surface area contributed by atoms with Gasteiger partial charge in [-0.2, -0.15) is 0 Å². The normalized spacial score (nSPS) is 12.1. The summed E-state index contributed by atoms with van der Waals surface area (Å²) in [7, 11) is 1.63. The van der Waals surface area contributed by atoms with E-state index in [1.54, 1.807) is 19.2 Å². The van der Waals surface area contributed by atoms with Gasteiger partial charge in [-0.25, -0.2) is 0 Å². The molecule has 0 aliphatic carbocycles. The van der Waals surface area contributed by atoms with Gasteiger partial charge in [-0.05, 0) is 12.1 Å². The van der Waals surface area contributed by atoms with E-state index in [1.807, 2.05) is 18.2 Å². The molecule has 0 saturated heterocycles. The number of carbonyl (C=O) groups is 1. The molecule has 1 aromatic carbocycles. The van der Waals surface area contributed by atoms with Crippen LogP contribution in [0.3, 0.4) is 0 Å². The summed E-state index contributed by atoms with van der Waals surface area (Å²) in [5, 5.41) is 2.82. The molecule has 0 aliphatic rings. The molecular formula is C11H14BrNO2. The SMILES string of the molecule is COCC(Br)CNC(=O)c1ccccc1. The Morgan fingerprint density at radius 1 is 1.47 bits per heavy atom. The zero-order valence-electron chi connectivity index (χ0n) is 8.57. The monoisotopic (exact) mass is 271 g/mol. The van der Waals surface area contributed by atoms with E-state index < -0.39 is 0 Å². The Hall–Kier alpha value is -0.870. The van der Waals surface area contributed by atoms with E-state index in [-0.39, 0.29) is 10.7 Å². The van der Waals surface area contributed by atoms with Gasteiger partial charge in [0.1, 0.15) is 0 Å². The van der Waals surface area contributed by atoms with Crippen LogP contribution in [0.25, 0.3) is 0 Å². The van der Waals surface area contributed by atoms with E-state index in [4.69, 9.17) is 4.74 Å². The van der Waals surface area contributed by atoms with Gasteiger partial charge in [-0.1, -0.05) is 34.1 Å². The largest absolute Gasteiger partial charge is 0.383 e. The fourth-order valence-corrected chi connectivity index (χ4v) is 1.56. The van der Waals surface area contributed by atoms with Crippen molar-refractivity contribution in [2.75, 3.05) is 20.3 Å². The minimum Gasteiger partial charge on any atom is -0.383 e. The zero-order valence-corrected chi connectivity index (χ0v) is 10.2. The Morgan fingerprint density at radius 2 is 2.13 bits per heavy atom. The van der Waals surface area contributed by atoms with Crippen molar-refractivity contribution in [1.82, 2.24) is 5.32 Å². The number of halogens is 1. The fraction of sp³-hybridized carbons (Fsp3) is 0.364. The van der Waals surface area contributed by atoms with Crippen LogP contribution in [0, 0.1) is 0 Å². The van der Waals surface area contributed by atoms with Crippen LogP contribution in [0.1, 0.15) is 10.4 Å². The molecule has 0 radical (unpaired) electrons. The highest BCUT2D eigenvalue weighted by Crippen LogP contribution is 2.00. The number of benzene rings is 1. The Morgan fingerprint density at radius 3 is 2.73 bits per heavy atom. The highest BCUT2D eigenvalue weighted by atomic mass is 79.9. The molecule has 1 amide bonds. The molecule has 82 valence electrons. The molecule has 0 bridgehead atoms. The maximum absolute atomic E-state index is 11.6. The van der Waals surface area contributed by atoms with Gasteiger partial charge in [-0.15, -0.1) is 0 Å². The third-order valence-corrected chi connectivity index (χ3v) is 2.46. The van der Waals surface area contributed by atoms with Gasteiger partial charge < -0.3 is 10.1 Å². The molecule has 0 aromatic heterocycles. The number of amides is 1. The molecule has 0 spiro atoms. The molecule has 0 saturated carbocycles. The summed E-state index contributed by atoms with van der Waals surface area (Å²) in [6, 6.07) is 9.14. The molecule has 1 N–H and O–H groups in total. The van der Waals surface area contributed by atoms with Crippen molar-refractivity contribution in [1.29, 1.82) is 0 Å². The van der Waals surface area contributed by atoms with Gasteiger partial charge in [0.05, 0.1) is 11.4 Å². The predicted molar refractivity (Wildman–Crippen MR) is 63.4 cm³/mol. The van der Waals surface area contributed by atoms with Crippen LogP contribution in [0.5, 0.6) is 0 Å². The van der Waals surface area contributed by atoms with Crippen molar-refractivity contribution in [3.05, 3.63) is 35.9 Å². The Balaban J connectivity index is 2.37. The Labute approximate surface area is 97.9 Å². The van der Waals surface area contributed by atoms with Crippen LogP contribution in [0.4, 0.5) is 0 Å². The summed E-state index contributed by atoms with van der Waals surface area (Å²) in [6.07, 6.45) is 0. The number of hydrogen-bond donors (Lipinski definition) is 1. The van der Waals surface area contributed by atoms with E-state index in [2.05, 4.69) is 21.2 Å². The lowest BCUT2D eigenvalue weighted by molar-refractivity contribution is 0.0950. The Kier molecular flexibility index (Phi) is 5.36. The van der Waals surface area contributed by atoms with E-state index in [0.29, 0.717) is 18.7 Å². The highest BCUT2D eigenvalue weighted by molar-refractivity contribution is 9.09. The van der Waals surface area contributed by atoms with Gasteiger partial charge in [0, 0.05) is 19.2 Å². The lowest BCUT2D eigenvalue weighted by Gasteiger charge is -2.09. The summed E-state index contributed by atoms with van der Waals surface area (Å²) >= 11 is 3.40. The van der Waals surface area contributed by atoms with E-state index in [0.717, 1.165) is 0 Å². The van der Waals surface area contributed by atoms with Crippen LogP contribution in [0.2, 0.25) is 0 Å². The molecule has 0 aliphatic heterocycles. The Bertz CT molecular complexity index is 303. The first-order valence-electron chi connectivity index (χ1n) is 4.70. The number of hydrogen-bond acceptors (Lipinski definition) is 2. The van der Waals surface area contributed by atoms with Gasteiger partial charge in [0.2, 0.25) is 0 Å². The van der Waals surface area contributed by atoms with Crippen molar-refractivity contribution in [2.45, 2.75) is 4.83 Å². The average molecular weight is 272 g/mol. The summed E-state index contributed by atoms with van der Waals surface area (Å²) in [5.74, 6) is -0.0591. The molecule has 4 heteroatoms. The fourth-order valence-electron chi connectivity index (χ4n) is 1.13. The van der Waals surface area contributed by atoms with Crippen LogP contribution in [-0.2, 0) is 4.74 Å². The number of methoxy groups -OCH3 is 1. The number of ether oxygens (including phenoxy) is 1. The lowest BCUT2D eigenvalue weighted by Crippen LogP contribution is -2.31. The third-order valence-electron chi connectivity index (χ3n) is 1.87. The summed E-state index contributed by atoms with van der Waals surface area (Å²) in [4.78, 5) is 11.7. The number of alkyl halides is 1. The second-order valence-electron chi connectivity index (χ2n) is 3.13. The molecule has 0 heterocycles. The first-order valence-corrected chi connectivity index (χ1v) is 5.62. The average Bonchev–Trinajstić information content (AvgIpc) is 2.27. The maximum atomic E-state index is 11.6. The summed E-state index contributed by atoms with van der Waals surface area (Å²) < 4.78 is 4.94. The second kappa shape index (κ2) is 6.58. The van der Waals surface area contributed by atoms with Gasteiger partial charge in [0.25, 0.3) is 5.91 Å². The predicted octanol–water partition coefficient (Wildman–Crippen LogP) is 1.83. The molecule has 1 unspecified atom stereocenters. The van der Waals surface area contributed by atoms with E-state index in [9.17, 15) is 4.79 Å². The van der Waals surface area contributed by atoms with E-state index >= 15 is 0 Å². The van der Waals surface area contributed by atoms with Crippen LogP contribution in [-0.4, -0.2) is 31.0 Å². The van der Waals surface area contributed by atoms with Gasteiger partial charge in [0.15, 0.2) is 0 Å². The van der Waals surface area contributed by atoms with Crippen molar-refractivity contribution in [2.24, 2.45) is 0 Å². The first kappa shape index (κ1) is 12.2. The van der Waals surface area contributed by atoms with Crippen LogP contribution in [0.15, 0.2) is 30.3 Å². The van der Waals surface area contributed by atoms with Crippen molar-refractivity contribution in [3.63, 3.8) is 0 Å². The minimum absolute atomic E-state index is 0.0591. The molecule has 1 aromatic rings. The van der Waals surface area contributed by atoms with Crippen LogP contribution >= 0.6 is 15.9 Å². The van der Waals surface area contributed by atoms with Gasteiger partial charge in [-0.3, -0.25) is 4.79 Å². The van der Waals surface area contributed by atoms with Gasteiger partial charge >= 0.3 is 0 Å². The molecule has 3 nitrogen and oxygen atoms in total. The first-order chi connectivity index (χ1) is 7.24. The van der Waals surface area contributed by atoms with Crippen molar-refractivity contribution < 1.29 is 9.53 Å². The second-order valence-corrected chi connectivity index (χ2v) is 4.42. The molecule has 1 rings (SSSR count).